The minimum atomic E-state index is -0.847. The van der Waals surface area contributed by atoms with Crippen molar-refractivity contribution in [1.82, 2.24) is 9.97 Å². The zero-order chi connectivity index (χ0) is 16.6. The summed E-state index contributed by atoms with van der Waals surface area (Å²) in [5, 5.41) is 12.9. The lowest BCUT2D eigenvalue weighted by Crippen LogP contribution is -2.18. The maximum atomic E-state index is 11.5. The molecule has 2 N–H and O–H groups in total. The summed E-state index contributed by atoms with van der Waals surface area (Å²) in [4.78, 5) is 35.4. The Hall–Kier alpha value is -3.60. The number of benzene rings is 1. The van der Waals surface area contributed by atoms with Crippen molar-refractivity contribution < 1.29 is 14.4 Å². The molecule has 0 fully saturated rings. The van der Waals surface area contributed by atoms with Crippen LogP contribution in [0.15, 0.2) is 29.4 Å². The summed E-state index contributed by atoms with van der Waals surface area (Å²) < 4.78 is 0. The van der Waals surface area contributed by atoms with Crippen LogP contribution in [0.1, 0.15) is 34.4 Å². The molecule has 0 saturated heterocycles. The zero-order valence-corrected chi connectivity index (χ0v) is 11.9. The Morgan fingerprint density at radius 3 is 2.52 bits per heavy atom. The van der Waals surface area contributed by atoms with E-state index < -0.39 is 11.9 Å². The summed E-state index contributed by atoms with van der Waals surface area (Å²) in [6.07, 6.45) is 0. The molecule has 1 aliphatic carbocycles. The Morgan fingerprint density at radius 2 is 1.91 bits per heavy atom. The number of nitrogens with two attached hydrogens (primary N) is 1. The summed E-state index contributed by atoms with van der Waals surface area (Å²) in [5.41, 5.74) is 7.00. The fraction of sp³-hybridized carbons (Fsp3) is 0.0667. The Morgan fingerprint density at radius 1 is 1.22 bits per heavy atom. The van der Waals surface area contributed by atoms with E-state index in [0.29, 0.717) is 16.8 Å². The van der Waals surface area contributed by atoms with E-state index in [1.807, 2.05) is 0 Å². The van der Waals surface area contributed by atoms with Crippen LogP contribution in [0.25, 0.3) is 11.3 Å². The van der Waals surface area contributed by atoms with E-state index >= 15 is 0 Å². The van der Waals surface area contributed by atoms with Gasteiger partial charge >= 0.3 is 5.97 Å². The molecule has 0 radical (unpaired) electrons. The van der Waals surface area contributed by atoms with Gasteiger partial charge in [0, 0.05) is 18.1 Å². The molecule has 0 saturated carbocycles. The van der Waals surface area contributed by atoms with Gasteiger partial charge in [-0.1, -0.05) is 29.4 Å². The van der Waals surface area contributed by atoms with Crippen LogP contribution in [0, 0.1) is 11.3 Å². The highest BCUT2D eigenvalue weighted by atomic mass is 16.7. The molecule has 3 rings (SSSR count). The van der Waals surface area contributed by atoms with Crippen LogP contribution < -0.4 is 5.73 Å². The Bertz CT molecular complexity index is 927. The summed E-state index contributed by atoms with van der Waals surface area (Å²) in [7, 11) is 0. The van der Waals surface area contributed by atoms with Gasteiger partial charge in [0.2, 0.25) is 0 Å². The van der Waals surface area contributed by atoms with Crippen molar-refractivity contribution in [2.24, 2.45) is 10.9 Å². The van der Waals surface area contributed by atoms with E-state index in [2.05, 4.69) is 15.1 Å². The maximum Gasteiger partial charge on any atom is 0.332 e. The van der Waals surface area contributed by atoms with Crippen LogP contribution in [0.5, 0.6) is 0 Å². The molecular weight excluding hydrogens is 298 g/mol. The van der Waals surface area contributed by atoms with Crippen LogP contribution >= 0.6 is 0 Å². The summed E-state index contributed by atoms with van der Waals surface area (Å²) in [5.74, 6) is -1.44. The smallest absolute Gasteiger partial charge is 0.332 e. The maximum absolute atomic E-state index is 11.5. The number of primary amides is 1. The van der Waals surface area contributed by atoms with Gasteiger partial charge in [0.1, 0.15) is 23.2 Å². The van der Waals surface area contributed by atoms with Crippen molar-refractivity contribution >= 4 is 17.6 Å². The quantitative estimate of drug-likeness (QED) is 0.548. The first-order valence-electron chi connectivity index (χ1n) is 6.50. The molecule has 1 aromatic carbocycles. The van der Waals surface area contributed by atoms with Gasteiger partial charge in [-0.25, -0.2) is 14.8 Å². The normalized spacial score (nSPS) is 13.1. The molecule has 0 spiro atoms. The SMILES string of the molecule is CC(=O)O/N=C1\c2ccccc2-c2nc(C(N)=O)c(C#N)nc21. The number of hydrogen-bond donors (Lipinski definition) is 1. The van der Waals surface area contributed by atoms with Crippen LogP contribution in [-0.2, 0) is 9.63 Å². The highest BCUT2D eigenvalue weighted by molar-refractivity contribution is 6.22. The van der Waals surface area contributed by atoms with Crippen molar-refractivity contribution in [3.8, 4) is 17.3 Å². The van der Waals surface area contributed by atoms with Crippen molar-refractivity contribution in [3.05, 3.63) is 46.9 Å². The summed E-state index contributed by atoms with van der Waals surface area (Å²) >= 11 is 0. The minimum absolute atomic E-state index is 0.209. The van der Waals surface area contributed by atoms with Crippen molar-refractivity contribution in [2.45, 2.75) is 6.92 Å². The van der Waals surface area contributed by atoms with Crippen LogP contribution in [-0.4, -0.2) is 27.6 Å². The first-order valence-corrected chi connectivity index (χ1v) is 6.50. The van der Waals surface area contributed by atoms with Gasteiger partial charge in [-0.3, -0.25) is 4.79 Å². The molecule has 2 aromatic rings. The van der Waals surface area contributed by atoms with E-state index in [-0.39, 0.29) is 22.8 Å². The lowest BCUT2D eigenvalue weighted by Gasteiger charge is -2.03. The molecule has 0 unspecified atom stereocenters. The summed E-state index contributed by atoms with van der Waals surface area (Å²) in [6.45, 7) is 1.22. The number of carbonyl (C=O) groups is 2. The molecule has 1 amide bonds. The lowest BCUT2D eigenvalue weighted by atomic mass is 10.1. The topological polar surface area (TPSA) is 131 Å². The number of rotatable bonds is 2. The largest absolute Gasteiger partial charge is 0.364 e. The standard InChI is InChI=1S/C15H9N5O3/c1-7(21)23-20-12-9-5-3-2-4-8(9)11-14(12)18-10(6-16)13(19-11)15(17)22/h2-5H,1H3,(H2,17,22)/b20-12+. The van der Waals surface area contributed by atoms with E-state index in [0.717, 1.165) is 0 Å². The monoisotopic (exact) mass is 307 g/mol. The van der Waals surface area contributed by atoms with E-state index in [1.165, 1.54) is 6.92 Å². The fourth-order valence-corrected chi connectivity index (χ4v) is 2.26. The molecule has 0 atom stereocenters. The number of oxime groups is 1. The number of amides is 1. The predicted molar refractivity (Wildman–Crippen MR) is 78.1 cm³/mol. The third kappa shape index (κ3) is 2.30. The van der Waals surface area contributed by atoms with Crippen molar-refractivity contribution in [1.29, 1.82) is 5.26 Å². The van der Waals surface area contributed by atoms with E-state index in [9.17, 15) is 9.59 Å². The van der Waals surface area contributed by atoms with Crippen molar-refractivity contribution in [2.75, 3.05) is 0 Å². The molecule has 8 nitrogen and oxygen atoms in total. The number of carbonyl (C=O) groups excluding carboxylic acids is 2. The van der Waals surface area contributed by atoms with Gasteiger partial charge < -0.3 is 10.6 Å². The molecule has 1 aliphatic rings. The zero-order valence-electron chi connectivity index (χ0n) is 11.9. The first kappa shape index (κ1) is 14.3. The van der Waals surface area contributed by atoms with Gasteiger partial charge in [-0.2, -0.15) is 5.26 Å². The molecule has 0 bridgehead atoms. The van der Waals surface area contributed by atoms with Crippen molar-refractivity contribution in [3.63, 3.8) is 0 Å². The Balaban J connectivity index is 2.30. The van der Waals surface area contributed by atoms with Crippen LogP contribution in [0.4, 0.5) is 0 Å². The molecular formula is C15H9N5O3. The van der Waals surface area contributed by atoms with Crippen LogP contribution in [0.2, 0.25) is 0 Å². The second-order valence-electron chi connectivity index (χ2n) is 4.66. The predicted octanol–water partition coefficient (Wildman–Crippen LogP) is 0.743. The number of nitriles is 1. The third-order valence-corrected chi connectivity index (χ3v) is 3.16. The van der Waals surface area contributed by atoms with E-state index in [1.54, 1.807) is 30.3 Å². The van der Waals surface area contributed by atoms with Gasteiger partial charge in [-0.05, 0) is 0 Å². The van der Waals surface area contributed by atoms with Gasteiger partial charge in [-0.15, -0.1) is 0 Å². The highest BCUT2D eigenvalue weighted by Crippen LogP contribution is 2.35. The molecule has 1 heterocycles. The van der Waals surface area contributed by atoms with Gasteiger partial charge in [0.05, 0.1) is 0 Å². The second kappa shape index (κ2) is 5.31. The number of nitrogens with zero attached hydrogens (tertiary/aromatic N) is 4. The molecule has 8 heteroatoms. The second-order valence-corrected chi connectivity index (χ2v) is 4.66. The minimum Gasteiger partial charge on any atom is -0.364 e. The van der Waals surface area contributed by atoms with E-state index in [4.69, 9.17) is 15.8 Å². The highest BCUT2D eigenvalue weighted by Gasteiger charge is 2.31. The number of hydrogen-bond acceptors (Lipinski definition) is 7. The molecule has 112 valence electrons. The molecule has 1 aromatic heterocycles. The molecule has 0 aliphatic heterocycles. The molecule has 23 heavy (non-hydrogen) atoms. The number of fused-ring (bicyclic) bond motifs is 3. The number of aromatic nitrogens is 2. The average molecular weight is 307 g/mol. The Labute approximate surface area is 130 Å². The average Bonchev–Trinajstić information content (AvgIpc) is 2.84. The summed E-state index contributed by atoms with van der Waals surface area (Å²) in [6, 6.07) is 8.84. The first-order chi connectivity index (χ1) is 11.0. The fourth-order valence-electron chi connectivity index (χ4n) is 2.26. The Kier molecular flexibility index (Phi) is 3.31. The van der Waals surface area contributed by atoms with Gasteiger partial charge in [0.15, 0.2) is 11.4 Å². The van der Waals surface area contributed by atoms with Crippen LogP contribution in [0.3, 0.4) is 0 Å². The lowest BCUT2D eigenvalue weighted by molar-refractivity contribution is -0.140. The third-order valence-electron chi connectivity index (χ3n) is 3.16. The van der Waals surface area contributed by atoms with Gasteiger partial charge in [0.25, 0.3) is 5.91 Å².